The van der Waals surface area contributed by atoms with Gasteiger partial charge in [0, 0.05) is 36.9 Å². The zero-order valence-electron chi connectivity index (χ0n) is 9.95. The van der Waals surface area contributed by atoms with Gasteiger partial charge < -0.3 is 15.7 Å². The monoisotopic (exact) mass is 254 g/mol. The van der Waals surface area contributed by atoms with E-state index in [1.54, 1.807) is 11.3 Å². The van der Waals surface area contributed by atoms with Crippen LogP contribution in [-0.2, 0) is 11.3 Å². The average molecular weight is 254 g/mol. The SMILES string of the molecule is CC(=O)Nc1ccsc1CNCC1(CO)CC1. The number of carbonyl (C=O) groups is 1. The molecular formula is C12H18N2O2S. The molecule has 3 N–H and O–H groups in total. The Morgan fingerprint density at radius 1 is 1.59 bits per heavy atom. The third kappa shape index (κ3) is 3.28. The van der Waals surface area contributed by atoms with Gasteiger partial charge in [0.25, 0.3) is 0 Å². The molecule has 0 unspecified atom stereocenters. The summed E-state index contributed by atoms with van der Waals surface area (Å²) >= 11 is 1.63. The highest BCUT2D eigenvalue weighted by molar-refractivity contribution is 7.10. The third-order valence-electron chi connectivity index (χ3n) is 3.13. The van der Waals surface area contributed by atoms with Crippen LogP contribution in [0.15, 0.2) is 11.4 Å². The van der Waals surface area contributed by atoms with Crippen molar-refractivity contribution in [2.45, 2.75) is 26.3 Å². The molecule has 1 aliphatic rings. The first-order chi connectivity index (χ1) is 8.15. The predicted molar refractivity (Wildman–Crippen MR) is 69.1 cm³/mol. The molecule has 0 aromatic carbocycles. The highest BCUT2D eigenvalue weighted by Crippen LogP contribution is 2.44. The second-order valence-electron chi connectivity index (χ2n) is 4.70. The molecule has 1 heterocycles. The molecule has 0 aliphatic heterocycles. The van der Waals surface area contributed by atoms with E-state index in [0.717, 1.165) is 36.5 Å². The fourth-order valence-corrected chi connectivity index (χ4v) is 2.59. The normalized spacial score (nSPS) is 16.8. The molecule has 94 valence electrons. The molecule has 0 radical (unpaired) electrons. The number of thiophene rings is 1. The molecule has 0 bridgehead atoms. The molecule has 1 aliphatic carbocycles. The maximum atomic E-state index is 11.0. The van der Waals surface area contributed by atoms with E-state index in [1.165, 1.54) is 6.92 Å². The highest BCUT2D eigenvalue weighted by atomic mass is 32.1. The number of carbonyl (C=O) groups excluding carboxylic acids is 1. The Balaban J connectivity index is 1.82. The summed E-state index contributed by atoms with van der Waals surface area (Å²) in [7, 11) is 0. The van der Waals surface area contributed by atoms with Crippen LogP contribution in [0.5, 0.6) is 0 Å². The van der Waals surface area contributed by atoms with Crippen molar-refractivity contribution in [3.8, 4) is 0 Å². The van der Waals surface area contributed by atoms with Crippen molar-refractivity contribution in [3.05, 3.63) is 16.3 Å². The number of aliphatic hydroxyl groups excluding tert-OH is 1. The minimum atomic E-state index is -0.0429. The minimum absolute atomic E-state index is 0.0429. The number of anilines is 1. The average Bonchev–Trinajstić information content (AvgIpc) is 2.94. The van der Waals surface area contributed by atoms with Crippen molar-refractivity contribution >= 4 is 22.9 Å². The van der Waals surface area contributed by atoms with Crippen molar-refractivity contribution < 1.29 is 9.90 Å². The molecule has 4 nitrogen and oxygen atoms in total. The first-order valence-electron chi connectivity index (χ1n) is 5.81. The van der Waals surface area contributed by atoms with Gasteiger partial charge in [-0.15, -0.1) is 11.3 Å². The van der Waals surface area contributed by atoms with Gasteiger partial charge in [0.15, 0.2) is 0 Å². The quantitative estimate of drug-likeness (QED) is 0.722. The van der Waals surface area contributed by atoms with Gasteiger partial charge in [0.05, 0.1) is 5.69 Å². The summed E-state index contributed by atoms with van der Waals surface area (Å²) in [4.78, 5) is 12.1. The first kappa shape index (κ1) is 12.5. The molecular weight excluding hydrogens is 236 g/mol. The Morgan fingerprint density at radius 3 is 2.94 bits per heavy atom. The largest absolute Gasteiger partial charge is 0.396 e. The maximum Gasteiger partial charge on any atom is 0.221 e. The smallest absolute Gasteiger partial charge is 0.221 e. The lowest BCUT2D eigenvalue weighted by Gasteiger charge is -2.12. The van der Waals surface area contributed by atoms with Gasteiger partial charge in [-0.1, -0.05) is 0 Å². The minimum Gasteiger partial charge on any atom is -0.396 e. The van der Waals surface area contributed by atoms with Crippen LogP contribution in [0, 0.1) is 5.41 Å². The summed E-state index contributed by atoms with van der Waals surface area (Å²) in [6.45, 7) is 3.37. The molecule has 0 saturated heterocycles. The Hall–Kier alpha value is -0.910. The van der Waals surface area contributed by atoms with Crippen molar-refractivity contribution in [2.75, 3.05) is 18.5 Å². The van der Waals surface area contributed by atoms with Gasteiger partial charge in [0.2, 0.25) is 5.91 Å². The third-order valence-corrected chi connectivity index (χ3v) is 4.06. The van der Waals surface area contributed by atoms with Crippen molar-refractivity contribution in [1.29, 1.82) is 0 Å². The van der Waals surface area contributed by atoms with Crippen molar-refractivity contribution in [1.82, 2.24) is 5.32 Å². The summed E-state index contributed by atoms with van der Waals surface area (Å²) in [6.07, 6.45) is 2.22. The standard InChI is InChI=1S/C12H18N2O2S/c1-9(16)14-10-2-5-17-11(10)6-13-7-12(8-15)3-4-12/h2,5,13,15H,3-4,6-8H2,1H3,(H,14,16). The molecule has 1 aromatic heterocycles. The number of rotatable bonds is 6. The fourth-order valence-electron chi connectivity index (χ4n) is 1.79. The Labute approximate surface area is 105 Å². The van der Waals surface area contributed by atoms with Gasteiger partial charge in [-0.3, -0.25) is 4.79 Å². The number of aliphatic hydroxyl groups is 1. The van der Waals surface area contributed by atoms with Gasteiger partial charge >= 0.3 is 0 Å². The van der Waals surface area contributed by atoms with E-state index < -0.39 is 0 Å². The molecule has 2 rings (SSSR count). The predicted octanol–water partition coefficient (Wildman–Crippen LogP) is 1.57. The van der Waals surface area contributed by atoms with Crippen LogP contribution in [0.2, 0.25) is 0 Å². The van der Waals surface area contributed by atoms with Crippen LogP contribution >= 0.6 is 11.3 Å². The zero-order chi connectivity index (χ0) is 12.3. The Bertz CT molecular complexity index is 399. The van der Waals surface area contributed by atoms with Crippen LogP contribution in [0.25, 0.3) is 0 Å². The van der Waals surface area contributed by atoms with Crippen LogP contribution in [-0.4, -0.2) is 24.2 Å². The number of nitrogens with one attached hydrogen (secondary N) is 2. The molecule has 1 amide bonds. The second kappa shape index (κ2) is 5.16. The highest BCUT2D eigenvalue weighted by Gasteiger charge is 2.41. The van der Waals surface area contributed by atoms with Gasteiger partial charge in [0.1, 0.15) is 0 Å². The molecule has 1 aromatic rings. The van der Waals surface area contributed by atoms with Crippen LogP contribution in [0.1, 0.15) is 24.6 Å². The van der Waals surface area contributed by atoms with Gasteiger partial charge in [-0.2, -0.15) is 0 Å². The van der Waals surface area contributed by atoms with E-state index in [9.17, 15) is 9.90 Å². The summed E-state index contributed by atoms with van der Waals surface area (Å²) < 4.78 is 0. The Kier molecular flexibility index (Phi) is 3.81. The number of hydrogen-bond acceptors (Lipinski definition) is 4. The molecule has 1 saturated carbocycles. The first-order valence-corrected chi connectivity index (χ1v) is 6.69. The summed E-state index contributed by atoms with van der Waals surface area (Å²) in [5.41, 5.74) is 1.02. The maximum absolute atomic E-state index is 11.0. The van der Waals surface area contributed by atoms with Crippen LogP contribution in [0.3, 0.4) is 0 Å². The lowest BCUT2D eigenvalue weighted by atomic mass is 10.1. The molecule has 0 spiro atoms. The lowest BCUT2D eigenvalue weighted by Crippen LogP contribution is -2.26. The van der Waals surface area contributed by atoms with E-state index in [1.807, 2.05) is 11.4 Å². The lowest BCUT2D eigenvalue weighted by molar-refractivity contribution is -0.114. The van der Waals surface area contributed by atoms with E-state index in [-0.39, 0.29) is 17.9 Å². The van der Waals surface area contributed by atoms with Gasteiger partial charge in [-0.25, -0.2) is 0 Å². The molecule has 5 heteroatoms. The molecule has 1 fully saturated rings. The van der Waals surface area contributed by atoms with E-state index >= 15 is 0 Å². The zero-order valence-corrected chi connectivity index (χ0v) is 10.8. The number of hydrogen-bond donors (Lipinski definition) is 3. The Morgan fingerprint density at radius 2 is 2.35 bits per heavy atom. The van der Waals surface area contributed by atoms with Crippen molar-refractivity contribution in [3.63, 3.8) is 0 Å². The van der Waals surface area contributed by atoms with Crippen LogP contribution < -0.4 is 10.6 Å². The second-order valence-corrected chi connectivity index (χ2v) is 5.70. The summed E-state index contributed by atoms with van der Waals surface area (Å²) in [5, 5.41) is 17.3. The molecule has 0 atom stereocenters. The van der Waals surface area contributed by atoms with E-state index in [4.69, 9.17) is 0 Å². The summed E-state index contributed by atoms with van der Waals surface area (Å²) in [6, 6.07) is 1.92. The fraction of sp³-hybridized carbons (Fsp3) is 0.583. The van der Waals surface area contributed by atoms with Crippen LogP contribution in [0.4, 0.5) is 5.69 Å². The van der Waals surface area contributed by atoms with E-state index in [2.05, 4.69) is 10.6 Å². The topological polar surface area (TPSA) is 61.4 Å². The number of amides is 1. The van der Waals surface area contributed by atoms with E-state index in [0.29, 0.717) is 0 Å². The summed E-state index contributed by atoms with van der Waals surface area (Å²) in [5.74, 6) is -0.0429. The molecule has 17 heavy (non-hydrogen) atoms. The van der Waals surface area contributed by atoms with Crippen molar-refractivity contribution in [2.24, 2.45) is 5.41 Å². The van der Waals surface area contributed by atoms with Gasteiger partial charge in [-0.05, 0) is 24.3 Å².